The third-order valence-electron chi connectivity index (χ3n) is 5.54. The number of nitrogens with two attached hydrogens (primary N) is 1. The van der Waals surface area contributed by atoms with Crippen molar-refractivity contribution in [2.24, 2.45) is 16.0 Å². The quantitative estimate of drug-likeness (QED) is 0.0940. The number of azo groups is 1. The van der Waals surface area contributed by atoms with Crippen LogP contribution in [0, 0.1) is 6.08 Å². The third kappa shape index (κ3) is 7.54. The molecule has 0 fully saturated rings. The number of anilines is 3. The smallest absolute Gasteiger partial charge is 0.315 e. The summed E-state index contributed by atoms with van der Waals surface area (Å²) >= 11 is 0. The van der Waals surface area contributed by atoms with Crippen molar-refractivity contribution >= 4 is 70.1 Å². The number of rotatable bonds is 10. The van der Waals surface area contributed by atoms with E-state index in [1.165, 1.54) is 18.2 Å². The van der Waals surface area contributed by atoms with Gasteiger partial charge < -0.3 is 21.5 Å². The van der Waals surface area contributed by atoms with Crippen molar-refractivity contribution in [1.82, 2.24) is 15.0 Å². The molecular formula is C22H21FN8O10S3. The van der Waals surface area contributed by atoms with Crippen LogP contribution in [0.15, 0.2) is 67.4 Å². The van der Waals surface area contributed by atoms with Gasteiger partial charge in [-0.05, 0) is 54.8 Å². The number of aromatic nitrogens is 3. The minimum atomic E-state index is -5.16. The Balaban J connectivity index is 1.81. The summed E-state index contributed by atoms with van der Waals surface area (Å²) in [4.78, 5) is 8.17. The molecule has 0 bridgehead atoms. The predicted octanol–water partition coefficient (Wildman–Crippen LogP) is 2.53. The molecule has 0 aliphatic heterocycles. The second kappa shape index (κ2) is 11.9. The summed E-state index contributed by atoms with van der Waals surface area (Å²) in [5.41, 5.74) is 4.04. The average Bonchev–Trinajstić information content (AvgIpc) is 2.89. The fourth-order valence-electron chi connectivity index (χ4n) is 3.65. The Morgan fingerprint density at radius 1 is 0.864 bits per heavy atom. The summed E-state index contributed by atoms with van der Waals surface area (Å²) in [5.74, 6) is -1.26. The van der Waals surface area contributed by atoms with Crippen LogP contribution in [0.5, 0.6) is 5.75 Å². The fraction of sp³-hybridized carbons (Fsp3) is 0.136. The van der Waals surface area contributed by atoms with Gasteiger partial charge in [0.15, 0.2) is 5.75 Å². The van der Waals surface area contributed by atoms with Gasteiger partial charge in [-0.2, -0.15) is 44.6 Å². The van der Waals surface area contributed by atoms with Crippen LogP contribution in [0.2, 0.25) is 0 Å². The summed E-state index contributed by atoms with van der Waals surface area (Å²) in [6, 6.07) is 6.18. The number of benzene rings is 3. The van der Waals surface area contributed by atoms with E-state index in [4.69, 9.17) is 5.73 Å². The SMILES string of the molecule is CC(N)CNc1nc(F)nc(Nc2ccc3c(O)c(N=Nc4cc(S(=O)(=O)O)ccc4S(=O)(=O)O)c(S(=O)(=O)O)cc3c2)n1. The highest BCUT2D eigenvalue weighted by Crippen LogP contribution is 2.42. The molecule has 234 valence electrons. The molecule has 4 aromatic rings. The van der Waals surface area contributed by atoms with Crippen molar-refractivity contribution in [2.45, 2.75) is 27.7 Å². The standard InChI is InChI=1S/C22H21FN8O10S3/c1-10(24)9-25-21-27-20(23)28-22(29-21)26-12-2-4-14-11(6-12)7-17(44(39,40)41)18(19(14)32)31-30-15-8-13(42(33,34)35)3-5-16(15)43(36,37)38/h2-8,10,32H,9,24H2,1H3,(H,33,34,35)(H,36,37,38)(H,39,40,41)(H2,25,26,27,28,29). The van der Waals surface area contributed by atoms with Crippen molar-refractivity contribution < 1.29 is 48.4 Å². The van der Waals surface area contributed by atoms with Gasteiger partial charge in [-0.15, -0.1) is 10.2 Å². The molecule has 1 unspecified atom stereocenters. The fourth-order valence-corrected chi connectivity index (χ4v) is 5.41. The Morgan fingerprint density at radius 2 is 1.52 bits per heavy atom. The Morgan fingerprint density at radius 3 is 2.14 bits per heavy atom. The summed E-state index contributed by atoms with van der Waals surface area (Å²) in [6.45, 7) is 1.92. The zero-order valence-corrected chi connectivity index (χ0v) is 24.4. The van der Waals surface area contributed by atoms with Crippen LogP contribution in [0.3, 0.4) is 0 Å². The average molecular weight is 673 g/mol. The van der Waals surface area contributed by atoms with Gasteiger partial charge in [-0.1, -0.05) is 0 Å². The van der Waals surface area contributed by atoms with Gasteiger partial charge in [-0.3, -0.25) is 13.7 Å². The van der Waals surface area contributed by atoms with E-state index >= 15 is 0 Å². The zero-order valence-electron chi connectivity index (χ0n) is 22.0. The van der Waals surface area contributed by atoms with Gasteiger partial charge in [0.05, 0.1) is 4.90 Å². The number of phenolic OH excluding ortho intramolecular Hbond substituents is 1. The van der Waals surface area contributed by atoms with Crippen molar-refractivity contribution in [3.05, 3.63) is 48.5 Å². The van der Waals surface area contributed by atoms with Crippen LogP contribution < -0.4 is 16.4 Å². The van der Waals surface area contributed by atoms with Crippen LogP contribution >= 0.6 is 0 Å². The lowest BCUT2D eigenvalue weighted by Crippen LogP contribution is -2.26. The first-order valence-corrected chi connectivity index (χ1v) is 16.1. The van der Waals surface area contributed by atoms with Crippen LogP contribution in [0.25, 0.3) is 10.8 Å². The van der Waals surface area contributed by atoms with E-state index in [9.17, 15) is 48.4 Å². The number of nitrogens with zero attached hydrogens (tertiary/aromatic N) is 5. The van der Waals surface area contributed by atoms with Gasteiger partial charge in [-0.25, -0.2) is 0 Å². The Kier molecular flexibility index (Phi) is 8.79. The molecule has 44 heavy (non-hydrogen) atoms. The first-order chi connectivity index (χ1) is 20.3. The van der Waals surface area contributed by atoms with Crippen molar-refractivity contribution in [2.75, 3.05) is 17.2 Å². The molecule has 8 N–H and O–H groups in total. The normalized spacial score (nSPS) is 13.3. The van der Waals surface area contributed by atoms with Crippen molar-refractivity contribution in [3.8, 4) is 5.75 Å². The van der Waals surface area contributed by atoms with Gasteiger partial charge >= 0.3 is 6.08 Å². The Hall–Kier alpha value is -4.45. The van der Waals surface area contributed by atoms with Crippen LogP contribution in [-0.4, -0.2) is 71.6 Å². The first kappa shape index (κ1) is 32.5. The molecule has 22 heteroatoms. The molecule has 0 aliphatic carbocycles. The largest absolute Gasteiger partial charge is 0.505 e. The molecule has 0 spiro atoms. The summed E-state index contributed by atoms with van der Waals surface area (Å²) in [7, 11) is -15.1. The highest BCUT2D eigenvalue weighted by atomic mass is 32.2. The maximum atomic E-state index is 13.9. The van der Waals surface area contributed by atoms with Gasteiger partial charge in [0.1, 0.15) is 21.2 Å². The molecule has 4 rings (SSSR count). The Labute approximate surface area is 248 Å². The summed E-state index contributed by atoms with van der Waals surface area (Å²) < 4.78 is 114. The highest BCUT2D eigenvalue weighted by molar-refractivity contribution is 7.86. The number of nitrogens with one attached hydrogen (secondary N) is 2. The van der Waals surface area contributed by atoms with E-state index in [1.807, 2.05) is 0 Å². The van der Waals surface area contributed by atoms with Gasteiger partial charge in [0.2, 0.25) is 11.9 Å². The van der Waals surface area contributed by atoms with Crippen LogP contribution in [0.1, 0.15) is 6.92 Å². The van der Waals surface area contributed by atoms with Gasteiger partial charge in [0, 0.05) is 23.7 Å². The molecule has 0 saturated heterocycles. The maximum Gasteiger partial charge on any atom is 0.315 e. The van der Waals surface area contributed by atoms with E-state index in [1.54, 1.807) is 6.92 Å². The number of hydrogen-bond donors (Lipinski definition) is 7. The highest BCUT2D eigenvalue weighted by Gasteiger charge is 2.24. The molecule has 18 nitrogen and oxygen atoms in total. The molecule has 1 atom stereocenters. The number of hydrogen-bond acceptors (Lipinski definition) is 15. The van der Waals surface area contributed by atoms with Crippen molar-refractivity contribution in [1.29, 1.82) is 0 Å². The monoisotopic (exact) mass is 672 g/mol. The number of fused-ring (bicyclic) bond motifs is 1. The molecule has 1 aromatic heterocycles. The minimum absolute atomic E-state index is 0.0177. The first-order valence-electron chi connectivity index (χ1n) is 11.8. The molecule has 0 saturated carbocycles. The second-order valence-electron chi connectivity index (χ2n) is 9.00. The molecule has 0 aliphatic rings. The number of aromatic hydroxyl groups is 1. The zero-order chi connectivity index (χ0) is 32.6. The molecule has 0 radical (unpaired) electrons. The summed E-state index contributed by atoms with van der Waals surface area (Å²) in [6.07, 6.45) is -1.13. The van der Waals surface area contributed by atoms with Gasteiger partial charge in [0.25, 0.3) is 30.4 Å². The third-order valence-corrected chi connectivity index (χ3v) is 8.16. The number of halogens is 1. The van der Waals surface area contributed by atoms with E-state index in [0.717, 1.165) is 6.07 Å². The van der Waals surface area contributed by atoms with E-state index in [2.05, 4.69) is 35.8 Å². The molecule has 0 amide bonds. The van der Waals surface area contributed by atoms with Crippen LogP contribution in [0.4, 0.5) is 33.3 Å². The Bertz CT molecular complexity index is 2150. The van der Waals surface area contributed by atoms with Crippen molar-refractivity contribution in [3.63, 3.8) is 0 Å². The lowest BCUT2D eigenvalue weighted by Gasteiger charge is -2.12. The second-order valence-corrected chi connectivity index (χ2v) is 13.2. The molecule has 3 aromatic carbocycles. The van der Waals surface area contributed by atoms with E-state index in [0.29, 0.717) is 18.2 Å². The lowest BCUT2D eigenvalue weighted by atomic mass is 10.1. The van der Waals surface area contributed by atoms with E-state index < -0.39 is 68.2 Å². The topological polar surface area (TPSA) is 297 Å². The van der Waals surface area contributed by atoms with Crippen LogP contribution in [-0.2, 0) is 30.4 Å². The molecular weight excluding hydrogens is 651 g/mol. The minimum Gasteiger partial charge on any atom is -0.505 e. The number of phenols is 1. The molecule has 1 heterocycles. The summed E-state index contributed by atoms with van der Waals surface area (Å²) in [5, 5.41) is 23.2. The van der Waals surface area contributed by atoms with E-state index in [-0.39, 0.29) is 40.9 Å². The predicted molar refractivity (Wildman–Crippen MR) is 151 cm³/mol. The maximum absolute atomic E-state index is 13.9. The lowest BCUT2D eigenvalue weighted by molar-refractivity contribution is 0.472.